The van der Waals surface area contributed by atoms with Gasteiger partial charge in [0.2, 0.25) is 5.91 Å². The van der Waals surface area contributed by atoms with Crippen LogP contribution >= 0.6 is 0 Å². The number of rotatable bonds is 6. The van der Waals surface area contributed by atoms with Crippen LogP contribution in [0.15, 0.2) is 24.3 Å². The Morgan fingerprint density at radius 3 is 2.55 bits per heavy atom. The second kappa shape index (κ2) is 7.19. The van der Waals surface area contributed by atoms with Gasteiger partial charge in [-0.3, -0.25) is 9.59 Å². The van der Waals surface area contributed by atoms with Gasteiger partial charge in [0.05, 0.1) is 13.1 Å². The van der Waals surface area contributed by atoms with Crippen LogP contribution < -0.4 is 10.6 Å². The zero-order chi connectivity index (χ0) is 15.1. The van der Waals surface area contributed by atoms with Gasteiger partial charge in [0.25, 0.3) is 5.91 Å². The highest BCUT2D eigenvalue weighted by atomic mass is 19.1. The number of hydrogen-bond donors (Lipinski definition) is 4. The highest BCUT2D eigenvalue weighted by molar-refractivity contribution is 5.96. The summed E-state index contributed by atoms with van der Waals surface area (Å²) >= 11 is 0. The number of carboxylic acids is 1. The van der Waals surface area contributed by atoms with E-state index in [-0.39, 0.29) is 5.56 Å². The van der Waals surface area contributed by atoms with Crippen molar-refractivity contribution in [2.75, 3.05) is 13.1 Å². The molecule has 2 amide bonds. The molecule has 0 fully saturated rings. The van der Waals surface area contributed by atoms with E-state index >= 15 is 0 Å². The minimum Gasteiger partial charge on any atom is -0.479 e. The van der Waals surface area contributed by atoms with Gasteiger partial charge in [0, 0.05) is 5.56 Å². The third-order valence-corrected chi connectivity index (χ3v) is 2.27. The van der Waals surface area contributed by atoms with Gasteiger partial charge in [-0.2, -0.15) is 0 Å². The molecule has 0 aliphatic rings. The first-order valence-corrected chi connectivity index (χ1v) is 5.61. The quantitative estimate of drug-likeness (QED) is 0.541. The van der Waals surface area contributed by atoms with Crippen molar-refractivity contribution in [1.29, 1.82) is 0 Å². The Kier molecular flexibility index (Phi) is 5.60. The van der Waals surface area contributed by atoms with Crippen molar-refractivity contribution in [3.05, 3.63) is 35.6 Å². The Bertz CT molecular complexity index is 520. The standard InChI is InChI=1S/C12H13FN2O5/c13-8-3-1-2-7(4-8)11(18)15-6-10(17)14-5-9(16)12(19)20/h1-4,9,16H,5-6H2,(H,14,17)(H,15,18)(H,19,20)/t9-/m0/s1. The van der Waals surface area contributed by atoms with Gasteiger partial charge in [0.15, 0.2) is 6.10 Å². The number of carbonyl (C=O) groups excluding carboxylic acids is 2. The fourth-order valence-corrected chi connectivity index (χ4v) is 1.25. The summed E-state index contributed by atoms with van der Waals surface area (Å²) in [7, 11) is 0. The van der Waals surface area contributed by atoms with Crippen LogP contribution in [-0.4, -0.2) is 47.2 Å². The summed E-state index contributed by atoms with van der Waals surface area (Å²) < 4.78 is 12.9. The molecule has 0 heterocycles. The minimum atomic E-state index is -1.71. The first-order valence-electron chi connectivity index (χ1n) is 5.61. The number of carbonyl (C=O) groups is 3. The molecule has 0 aromatic heterocycles. The van der Waals surface area contributed by atoms with E-state index in [4.69, 9.17) is 10.2 Å². The monoisotopic (exact) mass is 284 g/mol. The van der Waals surface area contributed by atoms with E-state index in [1.165, 1.54) is 18.2 Å². The van der Waals surface area contributed by atoms with E-state index in [1.54, 1.807) is 0 Å². The number of aliphatic hydroxyl groups excluding tert-OH is 1. The average molecular weight is 284 g/mol. The van der Waals surface area contributed by atoms with Crippen molar-refractivity contribution >= 4 is 17.8 Å². The molecule has 4 N–H and O–H groups in total. The van der Waals surface area contributed by atoms with Crippen LogP contribution in [-0.2, 0) is 9.59 Å². The predicted octanol–water partition coefficient (Wildman–Crippen LogP) is -0.883. The van der Waals surface area contributed by atoms with Gasteiger partial charge in [-0.1, -0.05) is 6.07 Å². The first-order chi connectivity index (χ1) is 9.40. The molecular weight excluding hydrogens is 271 g/mol. The van der Waals surface area contributed by atoms with E-state index in [1.807, 2.05) is 0 Å². The molecule has 20 heavy (non-hydrogen) atoms. The van der Waals surface area contributed by atoms with Crippen LogP contribution in [0.3, 0.4) is 0 Å². The summed E-state index contributed by atoms with van der Waals surface area (Å²) in [6, 6.07) is 4.93. The van der Waals surface area contributed by atoms with Crippen molar-refractivity contribution < 1.29 is 29.0 Å². The number of aliphatic carboxylic acids is 1. The Balaban J connectivity index is 2.37. The highest BCUT2D eigenvalue weighted by Gasteiger charge is 2.14. The summed E-state index contributed by atoms with van der Waals surface area (Å²) in [5, 5.41) is 21.7. The van der Waals surface area contributed by atoms with E-state index in [2.05, 4.69) is 10.6 Å². The van der Waals surface area contributed by atoms with Crippen LogP contribution in [0.25, 0.3) is 0 Å². The topological polar surface area (TPSA) is 116 Å². The largest absolute Gasteiger partial charge is 0.479 e. The number of halogens is 1. The van der Waals surface area contributed by atoms with E-state index < -0.39 is 42.8 Å². The molecule has 1 aromatic rings. The van der Waals surface area contributed by atoms with Crippen LogP contribution in [0.4, 0.5) is 4.39 Å². The maximum Gasteiger partial charge on any atom is 0.334 e. The van der Waals surface area contributed by atoms with E-state index in [9.17, 15) is 18.8 Å². The Hall–Kier alpha value is -2.48. The highest BCUT2D eigenvalue weighted by Crippen LogP contribution is 2.02. The molecule has 8 heteroatoms. The Morgan fingerprint density at radius 1 is 1.25 bits per heavy atom. The summed E-state index contributed by atoms with van der Waals surface area (Å²) in [5.41, 5.74) is 0.0587. The fourth-order valence-electron chi connectivity index (χ4n) is 1.25. The molecule has 1 atom stereocenters. The maximum atomic E-state index is 12.9. The molecule has 1 rings (SSSR count). The minimum absolute atomic E-state index is 0.0587. The number of nitrogens with one attached hydrogen (secondary N) is 2. The number of hydrogen-bond acceptors (Lipinski definition) is 4. The van der Waals surface area contributed by atoms with Gasteiger partial charge < -0.3 is 20.8 Å². The second-order valence-corrected chi connectivity index (χ2v) is 3.85. The summed E-state index contributed by atoms with van der Waals surface area (Å²) in [6.07, 6.45) is -1.71. The summed E-state index contributed by atoms with van der Waals surface area (Å²) in [5.74, 6) is -3.35. The van der Waals surface area contributed by atoms with Gasteiger partial charge >= 0.3 is 5.97 Å². The first kappa shape index (κ1) is 15.6. The predicted molar refractivity (Wildman–Crippen MR) is 65.4 cm³/mol. The molecule has 7 nitrogen and oxygen atoms in total. The normalized spacial score (nSPS) is 11.5. The molecule has 0 saturated carbocycles. The van der Waals surface area contributed by atoms with E-state index in [0.29, 0.717) is 0 Å². The fraction of sp³-hybridized carbons (Fsp3) is 0.250. The Morgan fingerprint density at radius 2 is 1.95 bits per heavy atom. The molecule has 0 bridgehead atoms. The molecule has 0 aliphatic carbocycles. The van der Waals surface area contributed by atoms with Crippen molar-refractivity contribution in [2.45, 2.75) is 6.10 Å². The number of benzene rings is 1. The lowest BCUT2D eigenvalue weighted by Crippen LogP contribution is -2.41. The van der Waals surface area contributed by atoms with Crippen LogP contribution in [0.1, 0.15) is 10.4 Å². The van der Waals surface area contributed by atoms with Crippen molar-refractivity contribution in [3.63, 3.8) is 0 Å². The average Bonchev–Trinajstić information content (AvgIpc) is 2.41. The number of aliphatic hydroxyl groups is 1. The molecule has 1 aromatic carbocycles. The summed E-state index contributed by atoms with van der Waals surface area (Å²) in [6.45, 7) is -0.883. The van der Waals surface area contributed by atoms with Crippen LogP contribution in [0, 0.1) is 5.82 Å². The zero-order valence-corrected chi connectivity index (χ0v) is 10.3. The molecular formula is C12H13FN2O5. The molecule has 0 unspecified atom stereocenters. The third-order valence-electron chi connectivity index (χ3n) is 2.27. The van der Waals surface area contributed by atoms with Crippen molar-refractivity contribution in [3.8, 4) is 0 Å². The third kappa shape index (κ3) is 5.02. The van der Waals surface area contributed by atoms with E-state index in [0.717, 1.165) is 6.07 Å². The number of carboxylic acid groups (broad SMARTS) is 1. The molecule has 108 valence electrons. The molecule has 0 aliphatic heterocycles. The second-order valence-electron chi connectivity index (χ2n) is 3.85. The van der Waals surface area contributed by atoms with Gasteiger partial charge in [0.1, 0.15) is 5.82 Å². The van der Waals surface area contributed by atoms with Crippen LogP contribution in [0.2, 0.25) is 0 Å². The lowest BCUT2D eigenvalue weighted by molar-refractivity contribution is -0.146. The maximum absolute atomic E-state index is 12.9. The number of amides is 2. The molecule has 0 saturated heterocycles. The van der Waals surface area contributed by atoms with Gasteiger partial charge in [-0.05, 0) is 18.2 Å². The van der Waals surface area contributed by atoms with Crippen molar-refractivity contribution in [2.24, 2.45) is 0 Å². The molecule has 0 radical (unpaired) electrons. The van der Waals surface area contributed by atoms with Crippen LogP contribution in [0.5, 0.6) is 0 Å². The Labute approximate surface area is 113 Å². The van der Waals surface area contributed by atoms with Crippen molar-refractivity contribution in [1.82, 2.24) is 10.6 Å². The zero-order valence-electron chi connectivity index (χ0n) is 10.3. The lowest BCUT2D eigenvalue weighted by Gasteiger charge is -2.08. The lowest BCUT2D eigenvalue weighted by atomic mass is 10.2. The van der Waals surface area contributed by atoms with Gasteiger partial charge in [-0.25, -0.2) is 9.18 Å². The smallest absolute Gasteiger partial charge is 0.334 e. The van der Waals surface area contributed by atoms with Gasteiger partial charge in [-0.15, -0.1) is 0 Å². The SMILES string of the molecule is O=C(CNC(=O)c1cccc(F)c1)NC[C@H](O)C(=O)O. The molecule has 0 spiro atoms. The summed E-state index contributed by atoms with van der Waals surface area (Å²) in [4.78, 5) is 33.1.